The van der Waals surface area contributed by atoms with Crippen LogP contribution in [-0.2, 0) is 19.1 Å². The number of benzene rings is 1. The summed E-state index contributed by atoms with van der Waals surface area (Å²) in [5.74, 6) is -1.15. The van der Waals surface area contributed by atoms with Gasteiger partial charge in [-0.2, -0.15) is 0 Å². The van der Waals surface area contributed by atoms with Crippen LogP contribution in [0.3, 0.4) is 0 Å². The second-order valence-corrected chi connectivity index (χ2v) is 7.58. The van der Waals surface area contributed by atoms with Crippen molar-refractivity contribution in [1.29, 1.82) is 0 Å². The lowest BCUT2D eigenvalue weighted by atomic mass is 9.78. The maximum absolute atomic E-state index is 13.3. The highest BCUT2D eigenvalue weighted by atomic mass is 19.1. The Morgan fingerprint density at radius 2 is 1.88 bits per heavy atom. The van der Waals surface area contributed by atoms with E-state index in [1.807, 2.05) is 0 Å². The summed E-state index contributed by atoms with van der Waals surface area (Å²) >= 11 is 0. The van der Waals surface area contributed by atoms with Crippen molar-refractivity contribution < 1.29 is 23.5 Å². The molecule has 1 heterocycles. The molecule has 0 aliphatic carbocycles. The van der Waals surface area contributed by atoms with Crippen LogP contribution in [0.15, 0.2) is 24.3 Å². The highest BCUT2D eigenvalue weighted by Gasteiger charge is 2.53. The third-order valence-corrected chi connectivity index (χ3v) is 4.27. The Balaban J connectivity index is 2.35. The molecule has 1 aromatic carbocycles. The number of carbonyl (C=O) groups excluding carboxylic acids is 2. The number of carbonyl (C=O) groups is 2. The normalized spacial score (nSPS) is 26.3. The number of hydrogen-bond acceptors (Lipinski definition) is 5. The summed E-state index contributed by atoms with van der Waals surface area (Å²) in [6.07, 6.45) is 0.253. The van der Waals surface area contributed by atoms with Gasteiger partial charge in [0.05, 0.1) is 12.0 Å². The van der Waals surface area contributed by atoms with Crippen molar-refractivity contribution in [3.8, 4) is 0 Å². The van der Waals surface area contributed by atoms with Crippen LogP contribution in [-0.4, -0.2) is 30.2 Å². The van der Waals surface area contributed by atoms with Crippen molar-refractivity contribution in [3.63, 3.8) is 0 Å². The van der Waals surface area contributed by atoms with Gasteiger partial charge in [-0.3, -0.25) is 14.9 Å². The van der Waals surface area contributed by atoms with Gasteiger partial charge in [-0.05, 0) is 58.7 Å². The first-order valence-electron chi connectivity index (χ1n) is 8.48. The molecule has 1 N–H and O–H groups in total. The largest absolute Gasteiger partial charge is 0.465 e. The van der Waals surface area contributed by atoms with Gasteiger partial charge in [-0.25, -0.2) is 4.39 Å². The van der Waals surface area contributed by atoms with Crippen molar-refractivity contribution in [2.45, 2.75) is 58.7 Å². The highest BCUT2D eigenvalue weighted by molar-refractivity contribution is 5.83. The first-order chi connectivity index (χ1) is 11.6. The van der Waals surface area contributed by atoms with E-state index in [0.717, 1.165) is 5.56 Å². The van der Waals surface area contributed by atoms with Crippen molar-refractivity contribution in [1.82, 2.24) is 5.32 Å². The predicted octanol–water partition coefficient (Wildman–Crippen LogP) is 3.14. The summed E-state index contributed by atoms with van der Waals surface area (Å²) < 4.78 is 23.9. The minimum absolute atomic E-state index is 0.253. The molecule has 25 heavy (non-hydrogen) atoms. The Morgan fingerprint density at radius 3 is 2.40 bits per heavy atom. The molecule has 1 aromatic rings. The number of esters is 2. The molecule has 5 nitrogen and oxygen atoms in total. The average Bonchev–Trinajstić information content (AvgIpc) is 2.86. The fraction of sp³-hybridized carbons (Fsp3) is 0.579. The molecule has 0 amide bonds. The fourth-order valence-corrected chi connectivity index (χ4v) is 3.10. The fourth-order valence-electron chi connectivity index (χ4n) is 3.10. The molecule has 1 saturated heterocycles. The zero-order valence-electron chi connectivity index (χ0n) is 15.4. The van der Waals surface area contributed by atoms with E-state index in [2.05, 4.69) is 5.32 Å². The predicted molar refractivity (Wildman–Crippen MR) is 91.3 cm³/mol. The van der Waals surface area contributed by atoms with E-state index in [-0.39, 0.29) is 18.8 Å². The van der Waals surface area contributed by atoms with E-state index in [1.165, 1.54) is 12.1 Å². The molecule has 0 aromatic heterocycles. The number of nitrogens with one attached hydrogen (secondary N) is 1. The third kappa shape index (κ3) is 4.37. The standard InChI is InChI=1S/C19H26FNO4/c1-6-24-16(22)14-11-19(5,17(23)25-18(2,3)4)15(21-14)12-7-9-13(20)10-8-12/h7-10,14-15,21H,6,11H2,1-5H3. The van der Waals surface area contributed by atoms with Gasteiger partial charge in [0.25, 0.3) is 0 Å². The summed E-state index contributed by atoms with van der Waals surface area (Å²) in [6.45, 7) is 9.16. The maximum atomic E-state index is 13.3. The number of halogens is 1. The van der Waals surface area contributed by atoms with E-state index < -0.39 is 35.0 Å². The number of hydrogen-bond donors (Lipinski definition) is 1. The van der Waals surface area contributed by atoms with Crippen LogP contribution in [0.1, 0.15) is 52.6 Å². The molecule has 138 valence electrons. The van der Waals surface area contributed by atoms with E-state index >= 15 is 0 Å². The molecule has 6 heteroatoms. The Morgan fingerprint density at radius 1 is 1.28 bits per heavy atom. The third-order valence-electron chi connectivity index (χ3n) is 4.27. The van der Waals surface area contributed by atoms with E-state index in [4.69, 9.17) is 9.47 Å². The second kappa shape index (κ2) is 7.12. The second-order valence-electron chi connectivity index (χ2n) is 7.58. The zero-order valence-corrected chi connectivity index (χ0v) is 15.4. The van der Waals surface area contributed by atoms with Gasteiger partial charge in [0.15, 0.2) is 0 Å². The molecule has 0 saturated carbocycles. The van der Waals surface area contributed by atoms with Crippen LogP contribution in [0.25, 0.3) is 0 Å². The van der Waals surface area contributed by atoms with Gasteiger partial charge in [-0.1, -0.05) is 12.1 Å². The van der Waals surface area contributed by atoms with Gasteiger partial charge in [0.1, 0.15) is 17.5 Å². The van der Waals surface area contributed by atoms with E-state index in [0.29, 0.717) is 0 Å². The van der Waals surface area contributed by atoms with Crippen LogP contribution in [0.4, 0.5) is 4.39 Å². The van der Waals surface area contributed by atoms with E-state index in [1.54, 1.807) is 46.8 Å². The molecule has 1 aliphatic rings. The number of rotatable bonds is 4. The SMILES string of the molecule is CCOC(=O)C1CC(C)(C(=O)OC(C)(C)C)C(c2ccc(F)cc2)N1. The van der Waals surface area contributed by atoms with Gasteiger partial charge in [0, 0.05) is 6.04 Å². The molecule has 0 bridgehead atoms. The van der Waals surface area contributed by atoms with Crippen LogP contribution in [0.5, 0.6) is 0 Å². The summed E-state index contributed by atoms with van der Waals surface area (Å²) in [4.78, 5) is 25.0. The van der Waals surface area contributed by atoms with Crippen LogP contribution < -0.4 is 5.32 Å². The first kappa shape index (κ1) is 19.4. The molecular weight excluding hydrogens is 325 g/mol. The molecule has 1 aliphatic heterocycles. The Kier molecular flexibility index (Phi) is 5.52. The maximum Gasteiger partial charge on any atom is 0.323 e. The Hall–Kier alpha value is -1.95. The molecule has 1 fully saturated rings. The first-order valence-corrected chi connectivity index (χ1v) is 8.48. The quantitative estimate of drug-likeness (QED) is 0.844. The average molecular weight is 351 g/mol. The van der Waals surface area contributed by atoms with Crippen LogP contribution in [0, 0.1) is 11.2 Å². The Bertz CT molecular complexity index is 638. The van der Waals surface area contributed by atoms with Gasteiger partial charge in [-0.15, -0.1) is 0 Å². The van der Waals surface area contributed by atoms with Gasteiger partial charge >= 0.3 is 11.9 Å². The van der Waals surface area contributed by atoms with Crippen molar-refractivity contribution in [2.75, 3.05) is 6.61 Å². The van der Waals surface area contributed by atoms with Gasteiger partial charge in [0.2, 0.25) is 0 Å². The van der Waals surface area contributed by atoms with Crippen molar-refractivity contribution >= 4 is 11.9 Å². The minimum atomic E-state index is -0.970. The van der Waals surface area contributed by atoms with Crippen LogP contribution >= 0.6 is 0 Å². The van der Waals surface area contributed by atoms with Crippen molar-refractivity contribution in [3.05, 3.63) is 35.6 Å². The summed E-state index contributed by atoms with van der Waals surface area (Å²) in [5, 5.41) is 3.17. The molecule has 3 atom stereocenters. The minimum Gasteiger partial charge on any atom is -0.465 e. The molecule has 3 unspecified atom stereocenters. The monoisotopic (exact) mass is 351 g/mol. The lowest BCUT2D eigenvalue weighted by Gasteiger charge is -2.32. The summed E-state index contributed by atoms with van der Waals surface area (Å²) in [6, 6.07) is 4.81. The summed E-state index contributed by atoms with van der Waals surface area (Å²) in [7, 11) is 0. The highest BCUT2D eigenvalue weighted by Crippen LogP contribution is 2.45. The molecule has 0 spiro atoms. The zero-order chi connectivity index (χ0) is 18.8. The topological polar surface area (TPSA) is 64.6 Å². The van der Waals surface area contributed by atoms with Crippen molar-refractivity contribution in [2.24, 2.45) is 5.41 Å². The molecule has 0 radical (unpaired) electrons. The molecule has 2 rings (SSSR count). The lowest BCUT2D eigenvalue weighted by Crippen LogP contribution is -2.39. The van der Waals surface area contributed by atoms with Gasteiger partial charge < -0.3 is 9.47 Å². The Labute approximate surface area is 147 Å². The number of ether oxygens (including phenoxy) is 2. The molecular formula is C19H26FNO4. The smallest absolute Gasteiger partial charge is 0.323 e. The van der Waals surface area contributed by atoms with E-state index in [9.17, 15) is 14.0 Å². The summed E-state index contributed by atoms with van der Waals surface area (Å²) in [5.41, 5.74) is -0.889. The lowest BCUT2D eigenvalue weighted by molar-refractivity contribution is -0.167. The van der Waals surface area contributed by atoms with Crippen LogP contribution in [0.2, 0.25) is 0 Å².